The number of hydrogen-bond donors (Lipinski definition) is 0. The highest BCUT2D eigenvalue weighted by molar-refractivity contribution is 6.10. The Hall–Kier alpha value is -3.62. The van der Waals surface area contributed by atoms with E-state index in [2.05, 4.69) is 0 Å². The van der Waals surface area contributed by atoms with Gasteiger partial charge >= 0.3 is 23.9 Å². The second-order valence-electron chi connectivity index (χ2n) is 5.52. The molecule has 0 radical (unpaired) electrons. The van der Waals surface area contributed by atoms with Gasteiger partial charge in [0.15, 0.2) is 11.5 Å². The Labute approximate surface area is 160 Å². The highest BCUT2D eigenvalue weighted by Crippen LogP contribution is 2.43. The van der Waals surface area contributed by atoms with Gasteiger partial charge in [-0.3, -0.25) is 9.59 Å². The summed E-state index contributed by atoms with van der Waals surface area (Å²) in [6.07, 6.45) is 0. The number of hydrogen-bond acceptors (Lipinski definition) is 9. The van der Waals surface area contributed by atoms with Crippen LogP contribution in [0, 0.1) is 0 Å². The van der Waals surface area contributed by atoms with E-state index in [9.17, 15) is 19.2 Å². The van der Waals surface area contributed by atoms with E-state index in [4.69, 9.17) is 23.7 Å². The van der Waals surface area contributed by atoms with Crippen molar-refractivity contribution in [2.24, 2.45) is 0 Å². The largest absolute Gasteiger partial charge is 0.496 e. The number of esters is 4. The number of fused-ring (bicyclic) bond motifs is 1. The van der Waals surface area contributed by atoms with Crippen molar-refractivity contribution in [2.45, 2.75) is 13.8 Å². The van der Waals surface area contributed by atoms with Crippen LogP contribution in [-0.4, -0.2) is 45.2 Å². The second-order valence-corrected chi connectivity index (χ2v) is 5.52. The van der Waals surface area contributed by atoms with Crippen LogP contribution in [0.15, 0.2) is 18.2 Å². The highest BCUT2D eigenvalue weighted by Gasteiger charge is 2.25. The molecule has 0 bridgehead atoms. The third kappa shape index (κ3) is 4.03. The molecule has 0 spiro atoms. The molecule has 0 fully saturated rings. The Morgan fingerprint density at radius 3 is 1.61 bits per heavy atom. The maximum atomic E-state index is 12.2. The molecule has 0 amide bonds. The molecule has 148 valence electrons. The summed E-state index contributed by atoms with van der Waals surface area (Å²) >= 11 is 0. The molecule has 0 aliphatic carbocycles. The van der Waals surface area contributed by atoms with E-state index in [-0.39, 0.29) is 33.8 Å². The third-order valence-electron chi connectivity index (χ3n) is 3.68. The van der Waals surface area contributed by atoms with Crippen LogP contribution in [0.5, 0.6) is 17.2 Å². The lowest BCUT2D eigenvalue weighted by Gasteiger charge is -2.16. The fraction of sp³-hybridized carbons (Fsp3) is 0.263. The lowest BCUT2D eigenvalue weighted by molar-refractivity contribution is -0.134. The molecule has 0 aromatic heterocycles. The van der Waals surface area contributed by atoms with E-state index in [1.165, 1.54) is 39.3 Å². The van der Waals surface area contributed by atoms with Crippen LogP contribution >= 0.6 is 0 Å². The molecule has 0 aliphatic heterocycles. The van der Waals surface area contributed by atoms with Crippen molar-refractivity contribution < 1.29 is 42.9 Å². The summed E-state index contributed by atoms with van der Waals surface area (Å²) < 4.78 is 25.1. The first-order valence-electron chi connectivity index (χ1n) is 7.95. The van der Waals surface area contributed by atoms with Crippen molar-refractivity contribution in [3.63, 3.8) is 0 Å². The quantitative estimate of drug-likeness (QED) is 0.560. The van der Waals surface area contributed by atoms with Crippen LogP contribution in [0.2, 0.25) is 0 Å². The summed E-state index contributed by atoms with van der Waals surface area (Å²) in [5.41, 5.74) is -0.202. The zero-order valence-electron chi connectivity index (χ0n) is 15.9. The summed E-state index contributed by atoms with van der Waals surface area (Å²) in [5, 5.41) is 0.515. The molecule has 9 nitrogen and oxygen atoms in total. The Morgan fingerprint density at radius 1 is 0.679 bits per heavy atom. The van der Waals surface area contributed by atoms with Crippen LogP contribution in [0.4, 0.5) is 0 Å². The lowest BCUT2D eigenvalue weighted by atomic mass is 9.99. The third-order valence-corrected chi connectivity index (χ3v) is 3.68. The maximum Gasteiger partial charge on any atom is 0.338 e. The summed E-state index contributed by atoms with van der Waals surface area (Å²) in [6, 6.07) is 3.96. The normalized spacial score (nSPS) is 10.2. The SMILES string of the molecule is COC(=O)c1cc2c(OC)cc(OC(C)=O)c(OC(C)=O)c2cc1C(=O)OC. The van der Waals surface area contributed by atoms with E-state index in [0.717, 1.165) is 14.0 Å². The summed E-state index contributed by atoms with van der Waals surface area (Å²) in [4.78, 5) is 47.4. The first-order valence-corrected chi connectivity index (χ1v) is 7.95. The van der Waals surface area contributed by atoms with Gasteiger partial charge in [0.1, 0.15) is 5.75 Å². The van der Waals surface area contributed by atoms with E-state index in [0.29, 0.717) is 5.39 Å². The highest BCUT2D eigenvalue weighted by atomic mass is 16.6. The average molecular weight is 390 g/mol. The van der Waals surface area contributed by atoms with E-state index < -0.39 is 23.9 Å². The molecular weight excluding hydrogens is 372 g/mol. The minimum atomic E-state index is -0.812. The van der Waals surface area contributed by atoms with Crippen molar-refractivity contribution in [2.75, 3.05) is 21.3 Å². The predicted molar refractivity (Wildman–Crippen MR) is 95.8 cm³/mol. The first kappa shape index (κ1) is 20.7. The van der Waals surface area contributed by atoms with Crippen LogP contribution in [0.25, 0.3) is 10.8 Å². The monoisotopic (exact) mass is 390 g/mol. The minimum absolute atomic E-state index is 0.0749. The van der Waals surface area contributed by atoms with Gasteiger partial charge in [0.05, 0.1) is 32.5 Å². The van der Waals surface area contributed by atoms with Crippen molar-refractivity contribution in [3.05, 3.63) is 29.3 Å². The van der Waals surface area contributed by atoms with Gasteiger partial charge in [-0.05, 0) is 12.1 Å². The van der Waals surface area contributed by atoms with Crippen molar-refractivity contribution in [3.8, 4) is 17.2 Å². The van der Waals surface area contributed by atoms with Crippen LogP contribution in [-0.2, 0) is 19.1 Å². The van der Waals surface area contributed by atoms with Gasteiger partial charge in [-0.1, -0.05) is 0 Å². The molecule has 0 N–H and O–H groups in total. The van der Waals surface area contributed by atoms with Crippen LogP contribution < -0.4 is 14.2 Å². The number of carbonyl (C=O) groups excluding carboxylic acids is 4. The fourth-order valence-corrected chi connectivity index (χ4v) is 2.59. The molecule has 0 atom stereocenters. The van der Waals surface area contributed by atoms with E-state index in [1.54, 1.807) is 0 Å². The van der Waals surface area contributed by atoms with Crippen LogP contribution in [0.1, 0.15) is 34.6 Å². The number of benzene rings is 2. The second kappa shape index (κ2) is 8.38. The fourth-order valence-electron chi connectivity index (χ4n) is 2.59. The molecule has 2 aromatic carbocycles. The molecule has 0 heterocycles. The van der Waals surface area contributed by atoms with E-state index in [1.807, 2.05) is 0 Å². The average Bonchev–Trinajstić information content (AvgIpc) is 2.66. The van der Waals surface area contributed by atoms with Gasteiger partial charge in [-0.2, -0.15) is 0 Å². The Kier molecular flexibility index (Phi) is 6.19. The number of carbonyl (C=O) groups is 4. The summed E-state index contributed by atoms with van der Waals surface area (Å²) in [5.74, 6) is -2.92. The standard InChI is InChI=1S/C19H18O9/c1-9(20)27-16-8-15(24-3)11-6-13(18(22)25-4)14(19(23)26-5)7-12(11)17(16)28-10(2)21/h6-8H,1-5H3. The Morgan fingerprint density at radius 2 is 1.18 bits per heavy atom. The van der Waals surface area contributed by atoms with Gasteiger partial charge in [0, 0.05) is 30.7 Å². The van der Waals surface area contributed by atoms with Gasteiger partial charge < -0.3 is 23.7 Å². The molecule has 0 saturated carbocycles. The number of methoxy groups -OCH3 is 3. The van der Waals surface area contributed by atoms with Crippen molar-refractivity contribution in [1.82, 2.24) is 0 Å². The van der Waals surface area contributed by atoms with E-state index >= 15 is 0 Å². The molecule has 0 unspecified atom stereocenters. The van der Waals surface area contributed by atoms with Gasteiger partial charge in [0.25, 0.3) is 0 Å². The molecule has 0 aliphatic rings. The smallest absolute Gasteiger partial charge is 0.338 e. The van der Waals surface area contributed by atoms with Crippen molar-refractivity contribution in [1.29, 1.82) is 0 Å². The Bertz CT molecular complexity index is 975. The first-order chi connectivity index (χ1) is 13.2. The van der Waals surface area contributed by atoms with Gasteiger partial charge in [-0.15, -0.1) is 0 Å². The number of ether oxygens (including phenoxy) is 5. The lowest BCUT2D eigenvalue weighted by Crippen LogP contribution is -2.13. The molecule has 9 heteroatoms. The van der Waals surface area contributed by atoms with Crippen LogP contribution in [0.3, 0.4) is 0 Å². The molecule has 2 aromatic rings. The zero-order valence-corrected chi connectivity index (χ0v) is 15.9. The summed E-state index contributed by atoms with van der Waals surface area (Å²) in [6.45, 7) is 2.34. The topological polar surface area (TPSA) is 114 Å². The number of rotatable bonds is 5. The molecule has 2 rings (SSSR count). The molecule has 0 saturated heterocycles. The summed E-state index contributed by atoms with van der Waals surface area (Å²) in [7, 11) is 3.68. The zero-order chi connectivity index (χ0) is 21.0. The predicted octanol–water partition coefficient (Wildman–Crippen LogP) is 2.27. The molecular formula is C19H18O9. The maximum absolute atomic E-state index is 12.2. The van der Waals surface area contributed by atoms with Crippen molar-refractivity contribution >= 4 is 34.6 Å². The van der Waals surface area contributed by atoms with Gasteiger partial charge in [-0.25, -0.2) is 9.59 Å². The Balaban J connectivity index is 2.98. The minimum Gasteiger partial charge on any atom is -0.496 e. The molecule has 28 heavy (non-hydrogen) atoms. The van der Waals surface area contributed by atoms with Gasteiger partial charge in [0.2, 0.25) is 0 Å².